The van der Waals surface area contributed by atoms with Crippen molar-refractivity contribution in [2.75, 3.05) is 6.54 Å². The highest BCUT2D eigenvalue weighted by Gasteiger charge is 2.14. The van der Waals surface area contributed by atoms with Crippen LogP contribution in [0, 0.1) is 5.92 Å². The minimum Gasteiger partial charge on any atom is -0.310 e. The SMILES string of the molecule is CCCNC(CCCC(C)C)c1ccnc2ccccc12. The molecule has 1 aromatic heterocycles. The van der Waals surface area contributed by atoms with E-state index in [1.54, 1.807) is 0 Å². The molecule has 0 aliphatic rings. The van der Waals surface area contributed by atoms with Gasteiger partial charge in [-0.05, 0) is 43.0 Å². The van der Waals surface area contributed by atoms with Crippen molar-refractivity contribution in [3.63, 3.8) is 0 Å². The molecule has 1 aromatic carbocycles. The molecule has 0 radical (unpaired) electrons. The Bertz CT molecular complexity index is 543. The van der Waals surface area contributed by atoms with E-state index in [9.17, 15) is 0 Å². The highest BCUT2D eigenvalue weighted by molar-refractivity contribution is 5.82. The predicted octanol–water partition coefficient (Wildman–Crippen LogP) is 5.10. The molecule has 2 rings (SSSR count). The second-order valence-electron chi connectivity index (χ2n) is 6.25. The average Bonchev–Trinajstić information content (AvgIpc) is 2.50. The maximum atomic E-state index is 4.49. The molecule has 1 N–H and O–H groups in total. The van der Waals surface area contributed by atoms with Crippen LogP contribution in [0.5, 0.6) is 0 Å². The van der Waals surface area contributed by atoms with E-state index >= 15 is 0 Å². The average molecular weight is 284 g/mol. The number of aromatic nitrogens is 1. The smallest absolute Gasteiger partial charge is 0.0705 e. The van der Waals surface area contributed by atoms with Crippen molar-refractivity contribution in [1.82, 2.24) is 10.3 Å². The topological polar surface area (TPSA) is 24.9 Å². The van der Waals surface area contributed by atoms with E-state index in [0.29, 0.717) is 6.04 Å². The van der Waals surface area contributed by atoms with Gasteiger partial charge in [-0.3, -0.25) is 4.98 Å². The minimum absolute atomic E-state index is 0.441. The van der Waals surface area contributed by atoms with Crippen LogP contribution in [0.15, 0.2) is 36.5 Å². The van der Waals surface area contributed by atoms with Gasteiger partial charge in [0.2, 0.25) is 0 Å². The third-order valence-electron chi connectivity index (χ3n) is 3.97. The van der Waals surface area contributed by atoms with E-state index in [0.717, 1.165) is 18.0 Å². The molecular weight excluding hydrogens is 256 g/mol. The van der Waals surface area contributed by atoms with Crippen molar-refractivity contribution in [3.8, 4) is 0 Å². The normalized spacial score (nSPS) is 13.0. The monoisotopic (exact) mass is 284 g/mol. The molecule has 0 saturated heterocycles. The first-order valence-electron chi connectivity index (χ1n) is 8.29. The summed E-state index contributed by atoms with van der Waals surface area (Å²) in [6.45, 7) is 7.90. The van der Waals surface area contributed by atoms with Crippen molar-refractivity contribution >= 4 is 10.9 Å². The van der Waals surface area contributed by atoms with Crippen LogP contribution in [-0.4, -0.2) is 11.5 Å². The van der Waals surface area contributed by atoms with Crippen LogP contribution in [0.3, 0.4) is 0 Å². The first kappa shape index (κ1) is 16.0. The minimum atomic E-state index is 0.441. The van der Waals surface area contributed by atoms with Gasteiger partial charge in [-0.15, -0.1) is 0 Å². The maximum absolute atomic E-state index is 4.49. The molecule has 0 aliphatic carbocycles. The summed E-state index contributed by atoms with van der Waals surface area (Å²) in [6, 6.07) is 11.1. The molecule has 2 heteroatoms. The Morgan fingerprint density at radius 1 is 1.10 bits per heavy atom. The molecule has 0 bridgehead atoms. The zero-order chi connectivity index (χ0) is 15.1. The fourth-order valence-electron chi connectivity index (χ4n) is 2.84. The van der Waals surface area contributed by atoms with Crippen LogP contribution in [-0.2, 0) is 0 Å². The van der Waals surface area contributed by atoms with Crippen molar-refractivity contribution in [2.24, 2.45) is 5.92 Å². The standard InChI is InChI=1S/C19H28N2/c1-4-13-20-19(11-7-8-15(2)3)17-12-14-21-18-10-6-5-9-16(17)18/h5-6,9-10,12,14-15,19-20H,4,7-8,11,13H2,1-3H3. The van der Waals surface area contributed by atoms with Gasteiger partial charge in [0.1, 0.15) is 0 Å². The molecule has 0 fully saturated rings. The lowest BCUT2D eigenvalue weighted by Gasteiger charge is -2.21. The molecule has 114 valence electrons. The van der Waals surface area contributed by atoms with Crippen molar-refractivity contribution in [1.29, 1.82) is 0 Å². The molecular formula is C19H28N2. The number of rotatable bonds is 8. The molecule has 2 nitrogen and oxygen atoms in total. The Morgan fingerprint density at radius 2 is 1.90 bits per heavy atom. The van der Waals surface area contributed by atoms with Crippen LogP contribution in [0.4, 0.5) is 0 Å². The van der Waals surface area contributed by atoms with Crippen molar-refractivity contribution in [2.45, 2.75) is 52.5 Å². The molecule has 0 aliphatic heterocycles. The number of para-hydroxylation sites is 1. The summed E-state index contributed by atoms with van der Waals surface area (Å²) in [5.74, 6) is 0.783. The number of pyridine rings is 1. The molecule has 0 spiro atoms. The fourth-order valence-corrected chi connectivity index (χ4v) is 2.84. The van der Waals surface area contributed by atoms with Crippen LogP contribution in [0.1, 0.15) is 58.1 Å². The summed E-state index contributed by atoms with van der Waals surface area (Å²) in [7, 11) is 0. The lowest BCUT2D eigenvalue weighted by Crippen LogP contribution is -2.22. The lowest BCUT2D eigenvalue weighted by molar-refractivity contribution is 0.449. The largest absolute Gasteiger partial charge is 0.310 e. The summed E-state index contributed by atoms with van der Waals surface area (Å²) in [4.78, 5) is 4.49. The zero-order valence-electron chi connectivity index (χ0n) is 13.6. The molecule has 1 unspecified atom stereocenters. The second kappa shape index (κ2) is 8.14. The van der Waals surface area contributed by atoms with Gasteiger partial charge in [0, 0.05) is 17.6 Å². The Balaban J connectivity index is 2.20. The van der Waals surface area contributed by atoms with Gasteiger partial charge in [-0.1, -0.05) is 51.8 Å². The summed E-state index contributed by atoms with van der Waals surface area (Å²) < 4.78 is 0. The van der Waals surface area contributed by atoms with Gasteiger partial charge in [0.25, 0.3) is 0 Å². The number of nitrogens with one attached hydrogen (secondary N) is 1. The Morgan fingerprint density at radius 3 is 2.67 bits per heavy atom. The summed E-state index contributed by atoms with van der Waals surface area (Å²) >= 11 is 0. The summed E-state index contributed by atoms with van der Waals surface area (Å²) in [5.41, 5.74) is 2.50. The lowest BCUT2D eigenvalue weighted by atomic mass is 9.95. The van der Waals surface area contributed by atoms with Gasteiger partial charge in [0.15, 0.2) is 0 Å². The molecule has 0 saturated carbocycles. The van der Waals surface area contributed by atoms with E-state index in [4.69, 9.17) is 0 Å². The van der Waals surface area contributed by atoms with E-state index in [2.05, 4.69) is 61.4 Å². The highest BCUT2D eigenvalue weighted by atomic mass is 14.9. The third kappa shape index (κ3) is 4.53. The van der Waals surface area contributed by atoms with E-state index in [-0.39, 0.29) is 0 Å². The highest BCUT2D eigenvalue weighted by Crippen LogP contribution is 2.27. The van der Waals surface area contributed by atoms with Gasteiger partial charge >= 0.3 is 0 Å². The Kier molecular flexibility index (Phi) is 6.19. The molecule has 1 heterocycles. The molecule has 1 atom stereocenters. The van der Waals surface area contributed by atoms with Crippen molar-refractivity contribution < 1.29 is 0 Å². The number of hydrogen-bond acceptors (Lipinski definition) is 2. The van der Waals surface area contributed by atoms with Crippen LogP contribution < -0.4 is 5.32 Å². The zero-order valence-corrected chi connectivity index (χ0v) is 13.6. The maximum Gasteiger partial charge on any atom is 0.0705 e. The van der Waals surface area contributed by atoms with E-state index < -0.39 is 0 Å². The third-order valence-corrected chi connectivity index (χ3v) is 3.97. The molecule has 2 aromatic rings. The Labute approximate surface area is 129 Å². The van der Waals surface area contributed by atoms with E-state index in [1.165, 1.54) is 36.6 Å². The summed E-state index contributed by atoms with van der Waals surface area (Å²) in [5, 5.41) is 5.01. The van der Waals surface area contributed by atoms with Gasteiger partial charge in [-0.25, -0.2) is 0 Å². The number of nitrogens with zero attached hydrogens (tertiary/aromatic N) is 1. The first-order chi connectivity index (χ1) is 10.2. The van der Waals surface area contributed by atoms with Gasteiger partial charge in [0.05, 0.1) is 5.52 Å². The summed E-state index contributed by atoms with van der Waals surface area (Å²) in [6.07, 6.45) is 6.89. The van der Waals surface area contributed by atoms with Gasteiger partial charge in [-0.2, -0.15) is 0 Å². The Hall–Kier alpha value is -1.41. The molecule has 0 amide bonds. The number of fused-ring (bicyclic) bond motifs is 1. The number of hydrogen-bond donors (Lipinski definition) is 1. The van der Waals surface area contributed by atoms with Crippen LogP contribution in [0.2, 0.25) is 0 Å². The van der Waals surface area contributed by atoms with Gasteiger partial charge < -0.3 is 5.32 Å². The van der Waals surface area contributed by atoms with E-state index in [1.807, 2.05) is 6.20 Å². The van der Waals surface area contributed by atoms with Crippen LogP contribution in [0.25, 0.3) is 10.9 Å². The second-order valence-corrected chi connectivity index (χ2v) is 6.25. The first-order valence-corrected chi connectivity index (χ1v) is 8.29. The van der Waals surface area contributed by atoms with Crippen molar-refractivity contribution in [3.05, 3.63) is 42.1 Å². The van der Waals surface area contributed by atoms with Crippen LogP contribution >= 0.6 is 0 Å². The quantitative estimate of drug-likeness (QED) is 0.729. The number of benzene rings is 1. The predicted molar refractivity (Wildman–Crippen MR) is 91.5 cm³/mol. The molecule has 21 heavy (non-hydrogen) atoms. The fraction of sp³-hybridized carbons (Fsp3) is 0.526.